The van der Waals surface area contributed by atoms with Gasteiger partial charge in [0.15, 0.2) is 11.5 Å². The van der Waals surface area contributed by atoms with E-state index in [1.807, 2.05) is 19.1 Å². The highest BCUT2D eigenvalue weighted by molar-refractivity contribution is 7.89. The van der Waals surface area contributed by atoms with Gasteiger partial charge in [-0.3, -0.25) is 0 Å². The van der Waals surface area contributed by atoms with E-state index >= 15 is 0 Å². The molecule has 0 aliphatic carbocycles. The molecule has 2 aromatic rings. The first-order valence-corrected chi connectivity index (χ1v) is 9.78. The monoisotopic (exact) mass is 377 g/mol. The van der Waals surface area contributed by atoms with Crippen LogP contribution in [0, 0.1) is 20.8 Å². The van der Waals surface area contributed by atoms with Crippen LogP contribution in [-0.2, 0) is 15.6 Å². The maximum Gasteiger partial charge on any atom is 0.241 e. The molecule has 1 atom stereocenters. The lowest BCUT2D eigenvalue weighted by Crippen LogP contribution is -2.39. The van der Waals surface area contributed by atoms with E-state index in [0.29, 0.717) is 28.2 Å². The molecular weight excluding hydrogens is 354 g/mol. The van der Waals surface area contributed by atoms with Crippen molar-refractivity contribution in [2.75, 3.05) is 13.3 Å². The first-order chi connectivity index (χ1) is 12.1. The first-order valence-electron chi connectivity index (χ1n) is 8.30. The van der Waals surface area contributed by atoms with Crippen LogP contribution in [0.25, 0.3) is 0 Å². The number of hydrogen-bond acceptors (Lipinski definition) is 5. The summed E-state index contributed by atoms with van der Waals surface area (Å²) in [6.45, 7) is 6.99. The van der Waals surface area contributed by atoms with Crippen LogP contribution in [0.3, 0.4) is 0 Å². The van der Waals surface area contributed by atoms with Gasteiger partial charge < -0.3 is 14.6 Å². The van der Waals surface area contributed by atoms with Crippen LogP contribution in [-0.4, -0.2) is 26.9 Å². The van der Waals surface area contributed by atoms with Crippen molar-refractivity contribution in [1.82, 2.24) is 4.72 Å². The second kappa shape index (κ2) is 6.57. The molecule has 26 heavy (non-hydrogen) atoms. The lowest BCUT2D eigenvalue weighted by molar-refractivity contribution is 0.0625. The zero-order valence-electron chi connectivity index (χ0n) is 15.3. The largest absolute Gasteiger partial charge is 0.454 e. The quantitative estimate of drug-likeness (QED) is 0.836. The van der Waals surface area contributed by atoms with Crippen LogP contribution >= 0.6 is 0 Å². The van der Waals surface area contributed by atoms with Crippen LogP contribution in [0.15, 0.2) is 35.2 Å². The average molecular weight is 377 g/mol. The minimum atomic E-state index is -3.76. The lowest BCUT2D eigenvalue weighted by Gasteiger charge is -2.25. The summed E-state index contributed by atoms with van der Waals surface area (Å²) >= 11 is 0. The molecule has 3 rings (SSSR count). The maximum atomic E-state index is 12.8. The molecule has 0 fully saturated rings. The lowest BCUT2D eigenvalue weighted by atomic mass is 9.96. The Hall–Kier alpha value is -2.09. The van der Waals surface area contributed by atoms with Crippen molar-refractivity contribution >= 4 is 10.0 Å². The molecule has 1 aliphatic rings. The van der Waals surface area contributed by atoms with Gasteiger partial charge in [0.2, 0.25) is 16.8 Å². The third kappa shape index (κ3) is 3.56. The Bertz CT molecular complexity index is 927. The Kier molecular flexibility index (Phi) is 4.72. The summed E-state index contributed by atoms with van der Waals surface area (Å²) in [4.78, 5) is 0.254. The van der Waals surface area contributed by atoms with E-state index in [9.17, 15) is 13.5 Å². The van der Waals surface area contributed by atoms with Gasteiger partial charge in [0.25, 0.3) is 0 Å². The Morgan fingerprint density at radius 1 is 1.08 bits per heavy atom. The molecule has 0 radical (unpaired) electrons. The molecule has 6 nitrogen and oxygen atoms in total. The number of nitrogens with one attached hydrogen (secondary N) is 1. The van der Waals surface area contributed by atoms with Crippen molar-refractivity contribution in [2.24, 2.45) is 0 Å². The maximum absolute atomic E-state index is 12.8. The molecule has 0 bridgehead atoms. The third-order valence-electron chi connectivity index (χ3n) is 4.47. The molecule has 0 saturated heterocycles. The summed E-state index contributed by atoms with van der Waals surface area (Å²) in [5, 5.41) is 10.8. The van der Waals surface area contributed by atoms with Crippen molar-refractivity contribution in [1.29, 1.82) is 0 Å². The van der Waals surface area contributed by atoms with E-state index in [0.717, 1.165) is 5.56 Å². The highest BCUT2D eigenvalue weighted by Crippen LogP contribution is 2.35. The molecule has 0 amide bonds. The number of benzene rings is 2. The normalized spacial score (nSPS) is 15.7. The van der Waals surface area contributed by atoms with E-state index in [1.165, 1.54) is 0 Å². The van der Waals surface area contributed by atoms with Gasteiger partial charge in [-0.25, -0.2) is 13.1 Å². The van der Waals surface area contributed by atoms with Crippen LogP contribution < -0.4 is 14.2 Å². The summed E-state index contributed by atoms with van der Waals surface area (Å²) < 4.78 is 38.7. The second-order valence-electron chi connectivity index (χ2n) is 6.89. The predicted octanol–water partition coefficient (Wildman–Crippen LogP) is 2.53. The zero-order valence-corrected chi connectivity index (χ0v) is 16.1. The van der Waals surface area contributed by atoms with E-state index in [-0.39, 0.29) is 18.2 Å². The fraction of sp³-hybridized carbons (Fsp3) is 0.368. The summed E-state index contributed by atoms with van der Waals surface area (Å²) in [5.74, 6) is 1.15. The molecule has 0 saturated carbocycles. The molecule has 2 N–H and O–H groups in total. The highest BCUT2D eigenvalue weighted by Gasteiger charge is 2.29. The smallest absolute Gasteiger partial charge is 0.241 e. The molecule has 1 heterocycles. The molecule has 2 aromatic carbocycles. The predicted molar refractivity (Wildman–Crippen MR) is 98.0 cm³/mol. The van der Waals surface area contributed by atoms with E-state index < -0.39 is 15.6 Å². The van der Waals surface area contributed by atoms with Gasteiger partial charge in [-0.05, 0) is 56.5 Å². The van der Waals surface area contributed by atoms with E-state index in [1.54, 1.807) is 39.0 Å². The minimum Gasteiger partial charge on any atom is -0.454 e. The van der Waals surface area contributed by atoms with Crippen molar-refractivity contribution < 1.29 is 23.0 Å². The Morgan fingerprint density at radius 3 is 2.35 bits per heavy atom. The van der Waals surface area contributed by atoms with Crippen LogP contribution in [0.5, 0.6) is 11.5 Å². The Labute approximate surface area is 153 Å². The molecule has 1 aliphatic heterocycles. The van der Waals surface area contributed by atoms with Gasteiger partial charge in [0.05, 0.1) is 4.90 Å². The molecule has 140 valence electrons. The van der Waals surface area contributed by atoms with Gasteiger partial charge in [0, 0.05) is 6.54 Å². The average Bonchev–Trinajstić information content (AvgIpc) is 2.99. The number of rotatable bonds is 5. The van der Waals surface area contributed by atoms with Crippen LogP contribution in [0.4, 0.5) is 0 Å². The Balaban J connectivity index is 1.83. The van der Waals surface area contributed by atoms with Crippen molar-refractivity contribution in [3.8, 4) is 11.5 Å². The summed E-state index contributed by atoms with van der Waals surface area (Å²) in [7, 11) is -3.76. The standard InChI is InChI=1S/C19H23NO5S/c1-12-7-13(2)18(14(3)8-12)26(22,23)20-10-19(4,21)15-5-6-16-17(9-15)25-11-24-16/h5-9,20-21H,10-11H2,1-4H3. The summed E-state index contributed by atoms with van der Waals surface area (Å²) in [5.41, 5.74) is 1.50. The van der Waals surface area contributed by atoms with Crippen LogP contribution in [0.1, 0.15) is 29.2 Å². The number of hydrogen-bond donors (Lipinski definition) is 2. The number of sulfonamides is 1. The number of ether oxygens (including phenoxy) is 2. The van der Waals surface area contributed by atoms with Crippen molar-refractivity contribution in [3.05, 3.63) is 52.6 Å². The number of aliphatic hydroxyl groups is 1. The fourth-order valence-electron chi connectivity index (χ4n) is 3.23. The topological polar surface area (TPSA) is 84.9 Å². The minimum absolute atomic E-state index is 0.138. The van der Waals surface area contributed by atoms with Crippen LogP contribution in [0.2, 0.25) is 0 Å². The number of fused-ring (bicyclic) bond motifs is 1. The van der Waals surface area contributed by atoms with Gasteiger partial charge in [-0.2, -0.15) is 0 Å². The molecule has 7 heteroatoms. The highest BCUT2D eigenvalue weighted by atomic mass is 32.2. The van der Waals surface area contributed by atoms with Gasteiger partial charge in [-0.15, -0.1) is 0 Å². The van der Waals surface area contributed by atoms with Crippen molar-refractivity contribution in [3.63, 3.8) is 0 Å². The van der Waals surface area contributed by atoms with Gasteiger partial charge >= 0.3 is 0 Å². The van der Waals surface area contributed by atoms with E-state index in [2.05, 4.69) is 4.72 Å². The summed E-state index contributed by atoms with van der Waals surface area (Å²) in [6.07, 6.45) is 0. The second-order valence-corrected chi connectivity index (χ2v) is 8.60. The Morgan fingerprint density at radius 2 is 1.69 bits per heavy atom. The summed E-state index contributed by atoms with van der Waals surface area (Å²) in [6, 6.07) is 8.73. The van der Waals surface area contributed by atoms with Gasteiger partial charge in [-0.1, -0.05) is 23.8 Å². The molecule has 0 aromatic heterocycles. The molecular formula is C19H23NO5S. The molecule has 0 spiro atoms. The number of aryl methyl sites for hydroxylation is 3. The zero-order chi connectivity index (χ0) is 19.1. The van der Waals surface area contributed by atoms with Gasteiger partial charge in [0.1, 0.15) is 5.60 Å². The fourth-order valence-corrected chi connectivity index (χ4v) is 4.81. The van der Waals surface area contributed by atoms with Crippen molar-refractivity contribution in [2.45, 2.75) is 38.2 Å². The third-order valence-corrected chi connectivity index (χ3v) is 6.18. The molecule has 1 unspecified atom stereocenters. The SMILES string of the molecule is Cc1cc(C)c(S(=O)(=O)NCC(C)(O)c2ccc3c(c2)OCO3)c(C)c1. The van der Waals surface area contributed by atoms with E-state index in [4.69, 9.17) is 9.47 Å². The first kappa shape index (κ1) is 18.7.